The first kappa shape index (κ1) is 19.4. The molecule has 0 saturated carbocycles. The molecule has 2 aromatic heterocycles. The summed E-state index contributed by atoms with van der Waals surface area (Å²) in [6.07, 6.45) is 0.641. The van der Waals surface area contributed by atoms with Gasteiger partial charge in [-0.15, -0.1) is 24.0 Å². The lowest BCUT2D eigenvalue weighted by Crippen LogP contribution is -2.38. The number of oxazole rings is 1. The van der Waals surface area contributed by atoms with Crippen molar-refractivity contribution >= 4 is 29.9 Å². The van der Waals surface area contributed by atoms with Crippen LogP contribution in [0.5, 0.6) is 0 Å². The zero-order valence-corrected chi connectivity index (χ0v) is 16.2. The van der Waals surface area contributed by atoms with Crippen LogP contribution in [0, 0.1) is 20.8 Å². The van der Waals surface area contributed by atoms with Crippen molar-refractivity contribution in [3.63, 3.8) is 0 Å². The van der Waals surface area contributed by atoms with E-state index >= 15 is 0 Å². The predicted molar refractivity (Wildman–Crippen MR) is 96.9 cm³/mol. The minimum Gasteiger partial charge on any atom is -0.444 e. The molecule has 2 heterocycles. The summed E-state index contributed by atoms with van der Waals surface area (Å²) in [6.45, 7) is 9.44. The third kappa shape index (κ3) is 6.16. The first-order chi connectivity index (χ1) is 10.6. The van der Waals surface area contributed by atoms with E-state index in [-0.39, 0.29) is 24.0 Å². The summed E-state index contributed by atoms with van der Waals surface area (Å²) in [6, 6.07) is 0. The van der Waals surface area contributed by atoms with E-state index in [0.29, 0.717) is 43.1 Å². The van der Waals surface area contributed by atoms with Gasteiger partial charge in [0.1, 0.15) is 12.3 Å². The third-order valence-corrected chi connectivity index (χ3v) is 2.99. The number of hydrogen-bond donors (Lipinski definition) is 2. The number of nitrogens with zero attached hydrogens (tertiary/aromatic N) is 4. The zero-order valence-electron chi connectivity index (χ0n) is 13.8. The van der Waals surface area contributed by atoms with Crippen molar-refractivity contribution in [1.82, 2.24) is 25.8 Å². The number of nitrogens with one attached hydrogen (secondary N) is 2. The van der Waals surface area contributed by atoms with Crippen LogP contribution in [0.2, 0.25) is 0 Å². The Morgan fingerprint density at radius 2 is 1.91 bits per heavy atom. The van der Waals surface area contributed by atoms with Crippen molar-refractivity contribution in [1.29, 1.82) is 0 Å². The Hall–Kier alpha value is -1.65. The predicted octanol–water partition coefficient (Wildman–Crippen LogP) is 1.90. The van der Waals surface area contributed by atoms with Crippen LogP contribution in [-0.2, 0) is 13.0 Å². The van der Waals surface area contributed by atoms with Gasteiger partial charge in [-0.3, -0.25) is 0 Å². The van der Waals surface area contributed by atoms with Crippen molar-refractivity contribution in [2.75, 3.05) is 13.1 Å². The molecule has 9 heteroatoms. The Balaban J connectivity index is 0.00000264. The molecule has 2 rings (SSSR count). The Bertz CT molecular complexity index is 618. The standard InChI is InChI=1S/C14H22N6O2.HI/c1-5-15-14(16-7-6-12-19-11(4)20-22-12)17-8-13-18-9(2)10(3)21-13;/h5-8H2,1-4H3,(H2,15,16,17);1H. The van der Waals surface area contributed by atoms with Crippen LogP contribution in [-0.4, -0.2) is 34.2 Å². The molecule has 0 aliphatic heterocycles. The second kappa shape index (κ2) is 9.48. The van der Waals surface area contributed by atoms with Gasteiger partial charge in [0.05, 0.1) is 5.69 Å². The quantitative estimate of drug-likeness (QED) is 0.407. The number of aliphatic imine (C=N–C) groups is 1. The van der Waals surface area contributed by atoms with E-state index in [1.807, 2.05) is 20.8 Å². The van der Waals surface area contributed by atoms with Gasteiger partial charge in [0.25, 0.3) is 0 Å². The van der Waals surface area contributed by atoms with Crippen LogP contribution in [0.1, 0.15) is 36.0 Å². The first-order valence-corrected chi connectivity index (χ1v) is 7.32. The summed E-state index contributed by atoms with van der Waals surface area (Å²) in [5.41, 5.74) is 0.898. The Labute approximate surface area is 152 Å². The molecule has 23 heavy (non-hydrogen) atoms. The van der Waals surface area contributed by atoms with Gasteiger partial charge in [-0.25, -0.2) is 9.98 Å². The van der Waals surface area contributed by atoms with Crippen LogP contribution >= 0.6 is 24.0 Å². The van der Waals surface area contributed by atoms with Gasteiger partial charge in [0, 0.05) is 19.5 Å². The van der Waals surface area contributed by atoms with Gasteiger partial charge in [-0.2, -0.15) is 4.98 Å². The van der Waals surface area contributed by atoms with Gasteiger partial charge in [-0.05, 0) is 27.7 Å². The molecule has 0 spiro atoms. The Morgan fingerprint density at radius 1 is 1.13 bits per heavy atom. The number of aryl methyl sites for hydroxylation is 3. The van der Waals surface area contributed by atoms with E-state index in [1.165, 1.54) is 0 Å². The van der Waals surface area contributed by atoms with Crippen molar-refractivity contribution in [2.45, 2.75) is 40.7 Å². The summed E-state index contributed by atoms with van der Waals surface area (Å²) < 4.78 is 10.6. The molecule has 0 atom stereocenters. The van der Waals surface area contributed by atoms with Crippen molar-refractivity contribution < 1.29 is 8.94 Å². The fraction of sp³-hybridized carbons (Fsp3) is 0.571. The lowest BCUT2D eigenvalue weighted by atomic mass is 10.4. The van der Waals surface area contributed by atoms with Gasteiger partial charge in [0.2, 0.25) is 11.8 Å². The van der Waals surface area contributed by atoms with Crippen molar-refractivity contribution in [2.24, 2.45) is 4.99 Å². The van der Waals surface area contributed by atoms with Gasteiger partial charge >= 0.3 is 0 Å². The number of guanidine groups is 1. The molecule has 0 aliphatic rings. The minimum atomic E-state index is 0. The molecule has 0 radical (unpaired) electrons. The third-order valence-electron chi connectivity index (χ3n) is 2.99. The van der Waals surface area contributed by atoms with Crippen molar-refractivity contribution in [3.05, 3.63) is 29.1 Å². The van der Waals surface area contributed by atoms with Crippen LogP contribution < -0.4 is 10.6 Å². The van der Waals surface area contributed by atoms with Crippen LogP contribution in [0.15, 0.2) is 13.9 Å². The fourth-order valence-electron chi connectivity index (χ4n) is 1.82. The van der Waals surface area contributed by atoms with Crippen LogP contribution in [0.25, 0.3) is 0 Å². The van der Waals surface area contributed by atoms with E-state index in [1.54, 1.807) is 6.92 Å². The molecule has 8 nitrogen and oxygen atoms in total. The number of halogens is 1. The second-order valence-electron chi connectivity index (χ2n) is 4.86. The Morgan fingerprint density at radius 3 is 2.48 bits per heavy atom. The highest BCUT2D eigenvalue weighted by atomic mass is 127. The lowest BCUT2D eigenvalue weighted by molar-refractivity contribution is 0.374. The molecule has 2 N–H and O–H groups in total. The molecule has 0 unspecified atom stereocenters. The number of aromatic nitrogens is 3. The van der Waals surface area contributed by atoms with Gasteiger partial charge in [0.15, 0.2) is 11.8 Å². The maximum Gasteiger partial charge on any atom is 0.228 e. The highest BCUT2D eigenvalue weighted by molar-refractivity contribution is 14.0. The molecule has 2 aromatic rings. The summed E-state index contributed by atoms with van der Waals surface area (Å²) in [7, 11) is 0. The molecular weight excluding hydrogens is 411 g/mol. The van der Waals surface area contributed by atoms with E-state index in [2.05, 4.69) is 30.8 Å². The number of hydrogen-bond acceptors (Lipinski definition) is 6. The fourth-order valence-corrected chi connectivity index (χ4v) is 1.82. The molecule has 0 saturated heterocycles. The molecule has 0 aliphatic carbocycles. The first-order valence-electron chi connectivity index (χ1n) is 7.32. The van der Waals surface area contributed by atoms with E-state index in [0.717, 1.165) is 18.0 Å². The molecule has 0 bridgehead atoms. The maximum absolute atomic E-state index is 5.51. The molecule has 0 amide bonds. The zero-order chi connectivity index (χ0) is 15.9. The molecule has 128 valence electrons. The van der Waals surface area contributed by atoms with Crippen molar-refractivity contribution in [3.8, 4) is 0 Å². The number of rotatable bonds is 6. The van der Waals surface area contributed by atoms with Gasteiger partial charge < -0.3 is 19.6 Å². The van der Waals surface area contributed by atoms with Gasteiger partial charge in [-0.1, -0.05) is 5.16 Å². The summed E-state index contributed by atoms with van der Waals surface area (Å²) >= 11 is 0. The molecule has 0 fully saturated rings. The highest BCUT2D eigenvalue weighted by Gasteiger charge is 2.06. The second-order valence-corrected chi connectivity index (χ2v) is 4.86. The smallest absolute Gasteiger partial charge is 0.228 e. The lowest BCUT2D eigenvalue weighted by Gasteiger charge is -2.09. The van der Waals surface area contributed by atoms with Crippen LogP contribution in [0.4, 0.5) is 0 Å². The monoisotopic (exact) mass is 434 g/mol. The molecule has 0 aromatic carbocycles. The van der Waals surface area contributed by atoms with E-state index in [4.69, 9.17) is 8.94 Å². The highest BCUT2D eigenvalue weighted by Crippen LogP contribution is 2.08. The largest absolute Gasteiger partial charge is 0.444 e. The average molecular weight is 434 g/mol. The molecular formula is C14H23IN6O2. The summed E-state index contributed by atoms with van der Waals surface area (Å²) in [5.74, 6) is 3.40. The van der Waals surface area contributed by atoms with E-state index in [9.17, 15) is 0 Å². The Kier molecular flexibility index (Phi) is 8.00. The summed E-state index contributed by atoms with van der Waals surface area (Å²) in [4.78, 5) is 12.9. The maximum atomic E-state index is 5.51. The SMILES string of the molecule is CCNC(=NCc1nc(C)c(C)o1)NCCc1nc(C)no1.I. The minimum absolute atomic E-state index is 0. The average Bonchev–Trinajstić information content (AvgIpc) is 3.03. The van der Waals surface area contributed by atoms with E-state index < -0.39 is 0 Å². The van der Waals surface area contributed by atoms with Crippen LogP contribution in [0.3, 0.4) is 0 Å². The topological polar surface area (TPSA) is 101 Å². The summed E-state index contributed by atoms with van der Waals surface area (Å²) in [5, 5.41) is 10.1. The normalized spacial score (nSPS) is 11.2.